The van der Waals surface area contributed by atoms with Gasteiger partial charge in [-0.25, -0.2) is 9.67 Å². The van der Waals surface area contributed by atoms with E-state index in [2.05, 4.69) is 53.1 Å². The highest BCUT2D eigenvalue weighted by Crippen LogP contribution is 2.31. The number of hydrogen-bond acceptors (Lipinski definition) is 3. The highest BCUT2D eigenvalue weighted by Gasteiger charge is 2.19. The van der Waals surface area contributed by atoms with Crippen LogP contribution in [0.5, 0.6) is 0 Å². The topological polar surface area (TPSA) is 34.0 Å². The summed E-state index contributed by atoms with van der Waals surface area (Å²) >= 11 is 6.46. The third-order valence-electron chi connectivity index (χ3n) is 4.50. The van der Waals surface area contributed by atoms with E-state index in [9.17, 15) is 0 Å². The zero-order valence-electron chi connectivity index (χ0n) is 14.6. The van der Waals surface area contributed by atoms with E-state index in [-0.39, 0.29) is 6.04 Å². The first-order valence-electron chi connectivity index (χ1n) is 8.62. The summed E-state index contributed by atoms with van der Waals surface area (Å²) in [7, 11) is 0. The molecule has 130 valence electrons. The maximum absolute atomic E-state index is 6.46. The van der Waals surface area contributed by atoms with Crippen molar-refractivity contribution in [1.29, 1.82) is 0 Å². The lowest BCUT2D eigenvalue weighted by atomic mass is 9.97. The minimum Gasteiger partial charge on any atom is -0.300 e. The van der Waals surface area contributed by atoms with E-state index >= 15 is 0 Å². The number of hydrogen-bond donors (Lipinski definition) is 0. The van der Waals surface area contributed by atoms with Gasteiger partial charge < -0.3 is 0 Å². The molecule has 0 amide bonds. The Morgan fingerprint density at radius 2 is 1.76 bits per heavy atom. The van der Waals surface area contributed by atoms with Crippen molar-refractivity contribution in [2.24, 2.45) is 0 Å². The van der Waals surface area contributed by atoms with Crippen LogP contribution in [0.4, 0.5) is 0 Å². The SMILES string of the molecule is CCN(CC)Cc1ccc(C(c2ccccc2Cl)n2cncn2)cc1. The lowest BCUT2D eigenvalue weighted by Crippen LogP contribution is -2.22. The van der Waals surface area contributed by atoms with Crippen molar-refractivity contribution in [2.75, 3.05) is 13.1 Å². The van der Waals surface area contributed by atoms with Gasteiger partial charge >= 0.3 is 0 Å². The first-order valence-corrected chi connectivity index (χ1v) is 9.00. The zero-order chi connectivity index (χ0) is 17.6. The average Bonchev–Trinajstić information content (AvgIpc) is 3.17. The van der Waals surface area contributed by atoms with Crippen molar-refractivity contribution >= 4 is 11.6 Å². The molecule has 0 fully saturated rings. The number of nitrogens with zero attached hydrogens (tertiary/aromatic N) is 4. The second kappa shape index (κ2) is 8.28. The van der Waals surface area contributed by atoms with Crippen LogP contribution in [0.1, 0.15) is 36.6 Å². The minimum absolute atomic E-state index is 0.0845. The Balaban J connectivity index is 1.94. The van der Waals surface area contributed by atoms with Gasteiger partial charge in [0, 0.05) is 11.6 Å². The molecule has 0 aliphatic carbocycles. The minimum atomic E-state index is -0.0845. The quantitative estimate of drug-likeness (QED) is 0.630. The second-order valence-electron chi connectivity index (χ2n) is 6.00. The van der Waals surface area contributed by atoms with Gasteiger partial charge in [-0.05, 0) is 35.8 Å². The summed E-state index contributed by atoms with van der Waals surface area (Å²) < 4.78 is 1.85. The van der Waals surface area contributed by atoms with E-state index in [4.69, 9.17) is 11.6 Å². The first kappa shape index (κ1) is 17.6. The fraction of sp³-hybridized carbons (Fsp3) is 0.300. The van der Waals surface area contributed by atoms with Crippen molar-refractivity contribution in [3.8, 4) is 0 Å². The molecule has 25 heavy (non-hydrogen) atoms. The Morgan fingerprint density at radius 1 is 1.04 bits per heavy atom. The van der Waals surface area contributed by atoms with Crippen LogP contribution >= 0.6 is 11.6 Å². The average molecular weight is 355 g/mol. The van der Waals surface area contributed by atoms with Crippen LogP contribution in [0.15, 0.2) is 61.2 Å². The van der Waals surface area contributed by atoms with Crippen LogP contribution in [0.25, 0.3) is 0 Å². The molecule has 0 radical (unpaired) electrons. The van der Waals surface area contributed by atoms with Crippen LogP contribution in [-0.4, -0.2) is 32.8 Å². The monoisotopic (exact) mass is 354 g/mol. The van der Waals surface area contributed by atoms with E-state index in [1.165, 1.54) is 5.56 Å². The molecule has 1 aromatic heterocycles. The second-order valence-corrected chi connectivity index (χ2v) is 6.41. The van der Waals surface area contributed by atoms with Crippen LogP contribution in [0, 0.1) is 0 Å². The Bertz CT molecular complexity index is 780. The molecular weight excluding hydrogens is 332 g/mol. The third-order valence-corrected chi connectivity index (χ3v) is 4.84. The molecule has 0 saturated carbocycles. The lowest BCUT2D eigenvalue weighted by molar-refractivity contribution is 0.296. The predicted octanol–water partition coefficient (Wildman–Crippen LogP) is 4.41. The van der Waals surface area contributed by atoms with Crippen molar-refractivity contribution in [1.82, 2.24) is 19.7 Å². The largest absolute Gasteiger partial charge is 0.300 e. The number of rotatable bonds is 7. The Hall–Kier alpha value is -2.17. The highest BCUT2D eigenvalue weighted by atomic mass is 35.5. The van der Waals surface area contributed by atoms with Gasteiger partial charge in [-0.3, -0.25) is 4.90 Å². The van der Waals surface area contributed by atoms with Gasteiger partial charge in [-0.1, -0.05) is 67.9 Å². The number of benzene rings is 2. The van der Waals surface area contributed by atoms with Gasteiger partial charge in [0.05, 0.1) is 0 Å². The van der Waals surface area contributed by atoms with E-state index in [0.717, 1.165) is 35.8 Å². The van der Waals surface area contributed by atoms with Crippen molar-refractivity contribution in [3.05, 3.63) is 82.9 Å². The van der Waals surface area contributed by atoms with Crippen LogP contribution in [0.3, 0.4) is 0 Å². The van der Waals surface area contributed by atoms with E-state index in [0.29, 0.717) is 0 Å². The molecule has 0 saturated heterocycles. The van der Waals surface area contributed by atoms with Gasteiger partial charge in [0.25, 0.3) is 0 Å². The van der Waals surface area contributed by atoms with Crippen molar-refractivity contribution < 1.29 is 0 Å². The fourth-order valence-electron chi connectivity index (χ4n) is 3.03. The molecular formula is C20H23ClN4. The molecule has 3 rings (SSSR count). The normalized spacial score (nSPS) is 12.5. The third kappa shape index (κ3) is 4.09. The van der Waals surface area contributed by atoms with Gasteiger partial charge in [0.1, 0.15) is 18.7 Å². The number of halogens is 1. The molecule has 1 unspecified atom stereocenters. The summed E-state index contributed by atoms with van der Waals surface area (Å²) in [5, 5.41) is 5.08. The maximum Gasteiger partial charge on any atom is 0.137 e. The molecule has 0 spiro atoms. The summed E-state index contributed by atoms with van der Waals surface area (Å²) in [5.41, 5.74) is 3.47. The predicted molar refractivity (Wildman–Crippen MR) is 102 cm³/mol. The van der Waals surface area contributed by atoms with E-state index < -0.39 is 0 Å². The van der Waals surface area contributed by atoms with Gasteiger partial charge in [0.2, 0.25) is 0 Å². The summed E-state index contributed by atoms with van der Waals surface area (Å²) in [6, 6.07) is 16.5. The summed E-state index contributed by atoms with van der Waals surface area (Å²) in [6.45, 7) is 7.46. The van der Waals surface area contributed by atoms with Crippen LogP contribution < -0.4 is 0 Å². The Labute approximate surface area is 154 Å². The lowest BCUT2D eigenvalue weighted by Gasteiger charge is -2.21. The van der Waals surface area contributed by atoms with E-state index in [1.807, 2.05) is 28.9 Å². The van der Waals surface area contributed by atoms with E-state index in [1.54, 1.807) is 12.7 Å². The molecule has 4 nitrogen and oxygen atoms in total. The molecule has 5 heteroatoms. The maximum atomic E-state index is 6.46. The molecule has 3 aromatic rings. The summed E-state index contributed by atoms with van der Waals surface area (Å²) in [5.74, 6) is 0. The summed E-state index contributed by atoms with van der Waals surface area (Å²) in [4.78, 5) is 6.51. The van der Waals surface area contributed by atoms with Gasteiger partial charge in [0.15, 0.2) is 0 Å². The smallest absolute Gasteiger partial charge is 0.137 e. The van der Waals surface area contributed by atoms with Crippen LogP contribution in [-0.2, 0) is 6.54 Å². The van der Waals surface area contributed by atoms with Gasteiger partial charge in [-0.2, -0.15) is 5.10 Å². The van der Waals surface area contributed by atoms with Gasteiger partial charge in [-0.15, -0.1) is 0 Å². The Kier molecular flexibility index (Phi) is 5.84. The van der Waals surface area contributed by atoms with Crippen molar-refractivity contribution in [2.45, 2.75) is 26.4 Å². The molecule has 0 aliphatic rings. The molecule has 0 bridgehead atoms. The molecule has 0 N–H and O–H groups in total. The Morgan fingerprint density at radius 3 is 2.36 bits per heavy atom. The first-order chi connectivity index (χ1) is 12.2. The highest BCUT2D eigenvalue weighted by molar-refractivity contribution is 6.31. The zero-order valence-corrected chi connectivity index (χ0v) is 15.4. The van der Waals surface area contributed by atoms with Crippen molar-refractivity contribution in [3.63, 3.8) is 0 Å². The molecule has 2 aromatic carbocycles. The molecule has 1 atom stereocenters. The summed E-state index contributed by atoms with van der Waals surface area (Å²) in [6.07, 6.45) is 3.29. The standard InChI is InChI=1S/C20H23ClN4/c1-3-24(4-2)13-16-9-11-17(12-10-16)20(25-15-22-14-23-25)18-7-5-6-8-19(18)21/h5-12,14-15,20H,3-4,13H2,1-2H3. The number of aromatic nitrogens is 3. The molecule has 1 heterocycles. The molecule has 0 aliphatic heterocycles. The van der Waals surface area contributed by atoms with Crippen LogP contribution in [0.2, 0.25) is 5.02 Å². The fourth-order valence-corrected chi connectivity index (χ4v) is 3.27.